The Morgan fingerprint density at radius 3 is 2.77 bits per heavy atom. The van der Waals surface area contributed by atoms with Gasteiger partial charge in [0.2, 0.25) is 5.91 Å². The predicted molar refractivity (Wildman–Crippen MR) is 118 cm³/mol. The second kappa shape index (κ2) is 5.76. The fraction of sp³-hybridized carbons (Fsp3) is 0.667. The first-order valence-electron chi connectivity index (χ1n) is 11.3. The Morgan fingerprint density at radius 2 is 2.06 bits per heavy atom. The highest BCUT2D eigenvalue weighted by Crippen LogP contribution is 2.80. The van der Waals surface area contributed by atoms with Crippen molar-refractivity contribution in [2.24, 2.45) is 10.8 Å². The molecular formula is C24H30ClN3O3. The number of carbonyl (C=O) groups excluding carboxylic acids is 1. The lowest BCUT2D eigenvalue weighted by Gasteiger charge is -2.71. The molecule has 1 saturated heterocycles. The summed E-state index contributed by atoms with van der Waals surface area (Å²) < 4.78 is 5.36. The van der Waals surface area contributed by atoms with Crippen LogP contribution in [0.25, 0.3) is 11.0 Å². The number of aliphatic hydroxyl groups is 1. The van der Waals surface area contributed by atoms with Gasteiger partial charge in [-0.25, -0.2) is 4.98 Å². The highest BCUT2D eigenvalue weighted by Gasteiger charge is 2.80. The van der Waals surface area contributed by atoms with Gasteiger partial charge in [-0.15, -0.1) is 0 Å². The molecule has 3 heterocycles. The number of nitrogens with one attached hydrogen (secondary N) is 1. The normalized spacial score (nSPS) is 37.9. The number of likely N-dealkylation sites (tertiary alicyclic amines) is 1. The van der Waals surface area contributed by atoms with Gasteiger partial charge in [0.1, 0.15) is 5.65 Å². The minimum absolute atomic E-state index is 0.0156. The van der Waals surface area contributed by atoms with Crippen LogP contribution in [0.5, 0.6) is 5.75 Å². The number of rotatable bonds is 4. The first-order valence-corrected chi connectivity index (χ1v) is 11.7. The number of piperidine rings is 1. The number of amides is 1. The lowest BCUT2D eigenvalue weighted by molar-refractivity contribution is -0.286. The van der Waals surface area contributed by atoms with Gasteiger partial charge in [-0.05, 0) is 43.1 Å². The van der Waals surface area contributed by atoms with Crippen LogP contribution >= 0.6 is 11.6 Å². The molecule has 1 aliphatic heterocycles. The van der Waals surface area contributed by atoms with Crippen molar-refractivity contribution >= 4 is 28.5 Å². The number of hydrogen-bond donors (Lipinski definition) is 2. The highest BCUT2D eigenvalue weighted by atomic mass is 35.5. The Morgan fingerprint density at radius 1 is 1.35 bits per heavy atom. The third-order valence-electron chi connectivity index (χ3n) is 9.52. The van der Waals surface area contributed by atoms with Gasteiger partial charge in [0.25, 0.3) is 0 Å². The third-order valence-corrected chi connectivity index (χ3v) is 9.90. The van der Waals surface area contributed by atoms with Crippen LogP contribution in [-0.2, 0) is 10.2 Å². The molecule has 4 aliphatic carbocycles. The fourth-order valence-corrected chi connectivity index (χ4v) is 8.32. The minimum atomic E-state index is -0.582. The Bertz CT molecular complexity index is 1120. The number of aromatic nitrogens is 2. The zero-order valence-corrected chi connectivity index (χ0v) is 19.3. The molecule has 5 atom stereocenters. The van der Waals surface area contributed by atoms with E-state index in [9.17, 15) is 9.90 Å². The van der Waals surface area contributed by atoms with Crippen molar-refractivity contribution in [2.75, 3.05) is 7.11 Å². The molecule has 2 aromatic heterocycles. The zero-order valence-electron chi connectivity index (χ0n) is 18.6. The standard InChI is InChI=1S/C24H30ClN3O3/c1-21(2,15-10-26-20-18(15)19(25)16(31-4)11-27-20)9-17(29)28-13-5-22(3)23(6-13)7-14(28)8-24(22,30)12-23/h10-11,13-14,30H,5-9,12H2,1-4H3,(H,26,27). The minimum Gasteiger partial charge on any atom is -0.494 e. The van der Waals surface area contributed by atoms with Crippen molar-refractivity contribution < 1.29 is 14.6 Å². The second-order valence-corrected chi connectivity index (χ2v) is 11.8. The summed E-state index contributed by atoms with van der Waals surface area (Å²) in [5.41, 5.74) is 0.910. The lowest BCUT2D eigenvalue weighted by Crippen LogP contribution is -2.73. The van der Waals surface area contributed by atoms with E-state index in [1.54, 1.807) is 13.3 Å². The Hall–Kier alpha value is -1.79. The SMILES string of the molecule is COc1cnc2[nH]cc(C(C)(C)CC(=O)N3C4CC5(O)CC6(C4)CC3CC56C)c2c1Cl. The summed E-state index contributed by atoms with van der Waals surface area (Å²) in [7, 11) is 1.58. The summed E-state index contributed by atoms with van der Waals surface area (Å²) >= 11 is 6.62. The number of fused-ring (bicyclic) bond motifs is 2. The molecular weight excluding hydrogens is 414 g/mol. The molecule has 7 rings (SSSR count). The molecule has 1 amide bonds. The quantitative estimate of drug-likeness (QED) is 0.742. The van der Waals surface area contributed by atoms with Crippen molar-refractivity contribution in [3.8, 4) is 5.75 Å². The van der Waals surface area contributed by atoms with Crippen LogP contribution in [0.1, 0.15) is 64.9 Å². The molecule has 1 spiro atoms. The third kappa shape index (κ3) is 2.23. The van der Waals surface area contributed by atoms with Crippen LogP contribution in [0.2, 0.25) is 5.02 Å². The van der Waals surface area contributed by atoms with Gasteiger partial charge in [-0.3, -0.25) is 4.79 Å². The van der Waals surface area contributed by atoms with Gasteiger partial charge in [-0.2, -0.15) is 0 Å². The van der Waals surface area contributed by atoms with Crippen LogP contribution in [0.15, 0.2) is 12.4 Å². The maximum absolute atomic E-state index is 13.7. The largest absolute Gasteiger partial charge is 0.494 e. The number of aromatic amines is 1. The fourth-order valence-electron chi connectivity index (χ4n) is 8.01. The number of carbonyl (C=O) groups is 1. The summed E-state index contributed by atoms with van der Waals surface area (Å²) in [5, 5.41) is 12.6. The molecule has 31 heavy (non-hydrogen) atoms. The Kier molecular flexibility index (Phi) is 3.69. The lowest BCUT2D eigenvalue weighted by atomic mass is 9.37. The smallest absolute Gasteiger partial charge is 0.223 e. The number of nitrogens with zero attached hydrogens (tertiary/aromatic N) is 2. The van der Waals surface area contributed by atoms with Crippen LogP contribution in [0.4, 0.5) is 0 Å². The van der Waals surface area contributed by atoms with Crippen LogP contribution in [0.3, 0.4) is 0 Å². The van der Waals surface area contributed by atoms with E-state index >= 15 is 0 Å². The van der Waals surface area contributed by atoms with Crippen LogP contribution < -0.4 is 4.74 Å². The van der Waals surface area contributed by atoms with Crippen LogP contribution in [-0.4, -0.2) is 50.7 Å². The zero-order chi connectivity index (χ0) is 22.0. The predicted octanol–water partition coefficient (Wildman–Crippen LogP) is 4.19. The average molecular weight is 444 g/mol. The second-order valence-electron chi connectivity index (χ2n) is 11.4. The average Bonchev–Trinajstić information content (AvgIpc) is 3.18. The number of pyridine rings is 1. The summed E-state index contributed by atoms with van der Waals surface area (Å²) in [5.74, 6) is 0.715. The summed E-state index contributed by atoms with van der Waals surface area (Å²) in [6.45, 7) is 6.44. The van der Waals surface area contributed by atoms with E-state index in [1.165, 1.54) is 0 Å². The number of H-pyrrole nitrogens is 1. The number of hydrogen-bond acceptors (Lipinski definition) is 4. The highest BCUT2D eigenvalue weighted by molar-refractivity contribution is 6.37. The molecule has 7 heteroatoms. The van der Waals surface area contributed by atoms with Gasteiger partial charge in [0, 0.05) is 40.9 Å². The van der Waals surface area contributed by atoms with E-state index in [0.717, 1.165) is 43.1 Å². The molecule has 6 nitrogen and oxygen atoms in total. The molecule has 4 saturated carbocycles. The summed E-state index contributed by atoms with van der Waals surface area (Å²) in [4.78, 5) is 23.5. The molecule has 5 aliphatic rings. The molecule has 5 unspecified atom stereocenters. The van der Waals surface area contributed by atoms with Gasteiger partial charge in [0.15, 0.2) is 5.75 Å². The molecule has 0 radical (unpaired) electrons. The number of halogens is 1. The molecule has 2 N–H and O–H groups in total. The Balaban J connectivity index is 1.31. The molecule has 166 valence electrons. The van der Waals surface area contributed by atoms with Crippen molar-refractivity contribution in [1.82, 2.24) is 14.9 Å². The monoisotopic (exact) mass is 443 g/mol. The van der Waals surface area contributed by atoms with E-state index < -0.39 is 11.0 Å². The molecule has 0 aromatic carbocycles. The van der Waals surface area contributed by atoms with E-state index in [0.29, 0.717) is 22.8 Å². The number of methoxy groups -OCH3 is 1. The Labute approximate surface area is 187 Å². The summed E-state index contributed by atoms with van der Waals surface area (Å²) in [6.07, 6.45) is 8.62. The van der Waals surface area contributed by atoms with Gasteiger partial charge >= 0.3 is 0 Å². The van der Waals surface area contributed by atoms with Crippen molar-refractivity contribution in [2.45, 2.75) is 82.4 Å². The van der Waals surface area contributed by atoms with Crippen molar-refractivity contribution in [3.05, 3.63) is 23.0 Å². The van der Waals surface area contributed by atoms with Gasteiger partial charge in [0.05, 0.1) is 23.9 Å². The van der Waals surface area contributed by atoms with Crippen molar-refractivity contribution in [1.29, 1.82) is 0 Å². The van der Waals surface area contributed by atoms with Crippen LogP contribution in [0, 0.1) is 10.8 Å². The van der Waals surface area contributed by atoms with E-state index in [-0.39, 0.29) is 28.8 Å². The molecule has 4 bridgehead atoms. The van der Waals surface area contributed by atoms with Gasteiger partial charge in [-0.1, -0.05) is 32.4 Å². The first-order chi connectivity index (χ1) is 14.5. The van der Waals surface area contributed by atoms with E-state index in [4.69, 9.17) is 16.3 Å². The first kappa shape index (κ1) is 19.9. The number of ether oxygens (including phenoxy) is 1. The maximum atomic E-state index is 13.7. The topological polar surface area (TPSA) is 78.5 Å². The van der Waals surface area contributed by atoms with E-state index in [2.05, 4.69) is 35.6 Å². The molecule has 5 fully saturated rings. The maximum Gasteiger partial charge on any atom is 0.223 e. The van der Waals surface area contributed by atoms with Crippen molar-refractivity contribution in [3.63, 3.8) is 0 Å². The van der Waals surface area contributed by atoms with Gasteiger partial charge < -0.3 is 19.7 Å². The summed E-state index contributed by atoms with van der Waals surface area (Å²) in [6, 6.07) is 0.432. The van der Waals surface area contributed by atoms with E-state index in [1.807, 2.05) is 6.20 Å². The molecule has 2 aromatic rings.